The molecule has 0 aliphatic carbocycles. The molecule has 1 rings (SSSR count). The third-order valence-corrected chi connectivity index (χ3v) is 2.66. The van der Waals surface area contributed by atoms with Gasteiger partial charge in [-0.2, -0.15) is 22.0 Å². The van der Waals surface area contributed by atoms with Crippen LogP contribution < -0.4 is 5.73 Å². The van der Waals surface area contributed by atoms with E-state index in [9.17, 15) is 22.0 Å². The number of hydrogen-bond donors (Lipinski definition) is 1. The molecule has 0 aromatic heterocycles. The Balaban J connectivity index is 3.12. The van der Waals surface area contributed by atoms with Gasteiger partial charge >= 0.3 is 12.1 Å². The molecule has 6 heteroatoms. The summed E-state index contributed by atoms with van der Waals surface area (Å²) in [4.78, 5) is 0. The van der Waals surface area contributed by atoms with Gasteiger partial charge in [0.15, 0.2) is 0 Å². The lowest BCUT2D eigenvalue weighted by Crippen LogP contribution is -2.45. The van der Waals surface area contributed by atoms with Gasteiger partial charge in [0.1, 0.15) is 6.04 Å². The van der Waals surface area contributed by atoms with E-state index in [0.29, 0.717) is 5.56 Å². The van der Waals surface area contributed by atoms with E-state index in [-0.39, 0.29) is 5.56 Å². The zero-order valence-electron chi connectivity index (χ0n) is 9.28. The Labute approximate surface area is 95.4 Å². The van der Waals surface area contributed by atoms with E-state index >= 15 is 0 Å². The van der Waals surface area contributed by atoms with Crippen molar-refractivity contribution in [1.82, 2.24) is 0 Å². The van der Waals surface area contributed by atoms with Crippen LogP contribution in [0.3, 0.4) is 0 Å². The molecule has 1 atom stereocenters. The first kappa shape index (κ1) is 13.9. The zero-order chi connectivity index (χ0) is 13.4. The molecule has 0 amide bonds. The number of hydrogen-bond acceptors (Lipinski definition) is 1. The lowest BCUT2D eigenvalue weighted by Gasteiger charge is -2.26. The fourth-order valence-electron chi connectivity index (χ4n) is 1.34. The van der Waals surface area contributed by atoms with Crippen LogP contribution in [0.25, 0.3) is 0 Å². The Morgan fingerprint density at radius 2 is 1.53 bits per heavy atom. The van der Waals surface area contributed by atoms with E-state index < -0.39 is 18.1 Å². The average molecular weight is 253 g/mol. The Hall–Kier alpha value is -1.17. The molecule has 0 radical (unpaired) electrons. The van der Waals surface area contributed by atoms with Crippen molar-refractivity contribution in [3.05, 3.63) is 34.9 Å². The molecular weight excluding hydrogens is 241 g/mol. The monoisotopic (exact) mass is 253 g/mol. The first-order valence-electron chi connectivity index (χ1n) is 4.84. The number of nitrogens with two attached hydrogens (primary N) is 1. The van der Waals surface area contributed by atoms with Crippen LogP contribution in [0, 0.1) is 13.8 Å². The van der Waals surface area contributed by atoms with Gasteiger partial charge in [0.05, 0.1) is 0 Å². The van der Waals surface area contributed by atoms with Crippen LogP contribution in [-0.4, -0.2) is 12.1 Å². The molecule has 0 aliphatic rings. The van der Waals surface area contributed by atoms with Crippen molar-refractivity contribution in [3.8, 4) is 0 Å². The number of benzene rings is 1. The van der Waals surface area contributed by atoms with Crippen LogP contribution in [0.2, 0.25) is 0 Å². The second kappa shape index (κ2) is 4.25. The van der Waals surface area contributed by atoms with Crippen molar-refractivity contribution in [1.29, 1.82) is 0 Å². The summed E-state index contributed by atoms with van der Waals surface area (Å²) in [6.45, 7) is 3.35. The van der Waals surface area contributed by atoms with E-state index in [1.54, 1.807) is 13.8 Å². The van der Waals surface area contributed by atoms with Gasteiger partial charge < -0.3 is 5.73 Å². The summed E-state index contributed by atoms with van der Waals surface area (Å²) in [5, 5.41) is 0. The molecule has 0 unspecified atom stereocenters. The van der Waals surface area contributed by atoms with Crippen LogP contribution in [0.1, 0.15) is 22.7 Å². The molecule has 0 bridgehead atoms. The third-order valence-electron chi connectivity index (χ3n) is 2.66. The van der Waals surface area contributed by atoms with Gasteiger partial charge in [0, 0.05) is 0 Å². The van der Waals surface area contributed by atoms with Crippen LogP contribution in [0.5, 0.6) is 0 Å². The predicted octanol–water partition coefficient (Wildman–Crippen LogP) is 3.50. The average Bonchev–Trinajstić information content (AvgIpc) is 2.19. The molecule has 96 valence electrons. The zero-order valence-corrected chi connectivity index (χ0v) is 9.28. The Morgan fingerprint density at radius 1 is 1.00 bits per heavy atom. The van der Waals surface area contributed by atoms with E-state index in [4.69, 9.17) is 5.73 Å². The minimum Gasteiger partial charge on any atom is -0.319 e. The highest BCUT2D eigenvalue weighted by atomic mass is 19.4. The molecule has 17 heavy (non-hydrogen) atoms. The maximum absolute atomic E-state index is 13.0. The second-order valence-corrected chi connectivity index (χ2v) is 3.94. The summed E-state index contributed by atoms with van der Waals surface area (Å²) in [6.07, 6.45) is -5.65. The first-order valence-corrected chi connectivity index (χ1v) is 4.84. The molecule has 2 N–H and O–H groups in total. The van der Waals surface area contributed by atoms with Crippen molar-refractivity contribution < 1.29 is 22.0 Å². The summed E-state index contributed by atoms with van der Waals surface area (Å²) in [7, 11) is 0. The lowest BCUT2D eigenvalue weighted by molar-refractivity contribution is -0.291. The predicted molar refractivity (Wildman–Crippen MR) is 53.8 cm³/mol. The van der Waals surface area contributed by atoms with Gasteiger partial charge in [-0.3, -0.25) is 0 Å². The Kier molecular flexibility index (Phi) is 3.47. The molecule has 0 saturated carbocycles. The summed E-state index contributed by atoms with van der Waals surface area (Å²) in [5.74, 6) is -4.94. The van der Waals surface area contributed by atoms with Gasteiger partial charge in [0.25, 0.3) is 0 Å². The summed E-state index contributed by atoms with van der Waals surface area (Å²) in [5.41, 5.74) is 6.20. The molecule has 0 saturated heterocycles. The molecule has 0 heterocycles. The summed E-state index contributed by atoms with van der Waals surface area (Å²) in [6, 6.07) is 1.52. The van der Waals surface area contributed by atoms with Crippen molar-refractivity contribution in [2.75, 3.05) is 0 Å². The fraction of sp³-hybridized carbons (Fsp3) is 0.455. The maximum Gasteiger partial charge on any atom is 0.455 e. The largest absolute Gasteiger partial charge is 0.455 e. The van der Waals surface area contributed by atoms with Gasteiger partial charge in [-0.25, -0.2) is 0 Å². The van der Waals surface area contributed by atoms with E-state index in [0.717, 1.165) is 5.56 Å². The Bertz CT molecular complexity index is 411. The van der Waals surface area contributed by atoms with Crippen LogP contribution >= 0.6 is 0 Å². The smallest absolute Gasteiger partial charge is 0.319 e. The normalized spacial score (nSPS) is 14.8. The highest BCUT2D eigenvalue weighted by molar-refractivity contribution is 5.32. The van der Waals surface area contributed by atoms with E-state index in [2.05, 4.69) is 0 Å². The molecular formula is C11H12F5N. The number of aryl methyl sites for hydroxylation is 2. The van der Waals surface area contributed by atoms with Crippen molar-refractivity contribution in [3.63, 3.8) is 0 Å². The quantitative estimate of drug-likeness (QED) is 0.802. The Morgan fingerprint density at radius 3 is 1.94 bits per heavy atom. The summed E-state index contributed by atoms with van der Waals surface area (Å²) < 4.78 is 62.3. The molecule has 0 fully saturated rings. The standard InChI is InChI=1S/C11H12F5N/c1-6-3-4-8(5-7(6)2)9(17)10(12,13)11(14,15)16/h3-5,9H,17H2,1-2H3/t9-/m0/s1. The highest BCUT2D eigenvalue weighted by Gasteiger charge is 2.61. The van der Waals surface area contributed by atoms with Gasteiger partial charge in [-0.15, -0.1) is 0 Å². The fourth-order valence-corrected chi connectivity index (χ4v) is 1.34. The molecule has 1 aromatic rings. The number of alkyl halides is 5. The number of rotatable bonds is 2. The molecule has 1 nitrogen and oxygen atoms in total. The van der Waals surface area contributed by atoms with Crippen LogP contribution in [0.15, 0.2) is 18.2 Å². The first-order chi connectivity index (χ1) is 7.57. The molecule has 0 spiro atoms. The molecule has 1 aromatic carbocycles. The van der Waals surface area contributed by atoms with Crippen LogP contribution in [-0.2, 0) is 0 Å². The topological polar surface area (TPSA) is 26.0 Å². The van der Waals surface area contributed by atoms with Crippen molar-refractivity contribution in [2.24, 2.45) is 5.73 Å². The minimum absolute atomic E-state index is 0.226. The van der Waals surface area contributed by atoms with E-state index in [1.165, 1.54) is 18.2 Å². The minimum atomic E-state index is -5.65. The summed E-state index contributed by atoms with van der Waals surface area (Å²) >= 11 is 0. The second-order valence-electron chi connectivity index (χ2n) is 3.94. The lowest BCUT2D eigenvalue weighted by atomic mass is 9.97. The van der Waals surface area contributed by atoms with E-state index in [1.807, 2.05) is 0 Å². The van der Waals surface area contributed by atoms with Crippen molar-refractivity contribution >= 4 is 0 Å². The van der Waals surface area contributed by atoms with Gasteiger partial charge in [-0.1, -0.05) is 18.2 Å². The maximum atomic E-state index is 13.0. The van der Waals surface area contributed by atoms with Crippen LogP contribution in [0.4, 0.5) is 22.0 Å². The highest BCUT2D eigenvalue weighted by Crippen LogP contribution is 2.43. The number of halogens is 5. The third kappa shape index (κ3) is 2.57. The molecule has 0 aliphatic heterocycles. The van der Waals surface area contributed by atoms with Crippen molar-refractivity contribution in [2.45, 2.75) is 32.0 Å². The SMILES string of the molecule is Cc1ccc([C@H](N)C(F)(F)C(F)(F)F)cc1C. The van der Waals surface area contributed by atoms with Gasteiger partial charge in [0.2, 0.25) is 0 Å². The van der Waals surface area contributed by atoms with Gasteiger partial charge in [-0.05, 0) is 30.5 Å².